The van der Waals surface area contributed by atoms with Gasteiger partial charge < -0.3 is 10.2 Å². The number of nitrogens with zero attached hydrogens (tertiary/aromatic N) is 3. The van der Waals surface area contributed by atoms with E-state index in [1.165, 1.54) is 0 Å². The van der Waals surface area contributed by atoms with Crippen LogP contribution in [0.3, 0.4) is 0 Å². The first-order valence-electron chi connectivity index (χ1n) is 8.15. The molecule has 3 rings (SSSR count). The fourth-order valence-corrected chi connectivity index (χ4v) is 3.75. The molecule has 0 atom stereocenters. The second-order valence-electron chi connectivity index (χ2n) is 5.70. The third kappa shape index (κ3) is 3.47. The molecular weight excluding hydrogens is 300 g/mol. The van der Waals surface area contributed by atoms with Crippen LogP contribution in [0.2, 0.25) is 0 Å². The Kier molecular flexibility index (Phi) is 5.38. The number of ether oxygens (including phenoxy) is 1. The lowest BCUT2D eigenvalue weighted by molar-refractivity contribution is 0.0494. The van der Waals surface area contributed by atoms with Crippen LogP contribution in [0.15, 0.2) is 9.95 Å². The highest BCUT2D eigenvalue weighted by Crippen LogP contribution is 2.25. The Bertz CT molecular complexity index is 569. The van der Waals surface area contributed by atoms with Crippen molar-refractivity contribution in [3.8, 4) is 0 Å². The van der Waals surface area contributed by atoms with Crippen molar-refractivity contribution in [1.29, 1.82) is 0 Å². The zero-order chi connectivity index (χ0) is 15.4. The molecule has 1 aromatic rings. The molecule has 0 radical (unpaired) electrons. The van der Waals surface area contributed by atoms with Gasteiger partial charge in [0, 0.05) is 25.4 Å². The number of hydrogen-bond donors (Lipinski definition) is 1. The van der Waals surface area contributed by atoms with Gasteiger partial charge in [-0.05, 0) is 12.8 Å². The molecule has 7 heteroatoms. The van der Waals surface area contributed by atoms with E-state index in [-0.39, 0.29) is 5.56 Å². The van der Waals surface area contributed by atoms with E-state index in [2.05, 4.69) is 17.4 Å². The Morgan fingerprint density at radius 3 is 2.86 bits per heavy atom. The first kappa shape index (κ1) is 15.8. The van der Waals surface area contributed by atoms with Gasteiger partial charge in [-0.2, -0.15) is 0 Å². The van der Waals surface area contributed by atoms with Crippen molar-refractivity contribution >= 4 is 17.6 Å². The number of rotatable bonds is 6. The number of anilines is 1. The van der Waals surface area contributed by atoms with Gasteiger partial charge in [0.1, 0.15) is 0 Å². The van der Waals surface area contributed by atoms with E-state index in [1.807, 2.05) is 4.57 Å². The van der Waals surface area contributed by atoms with E-state index in [0.29, 0.717) is 0 Å². The Hall–Kier alpha value is -1.05. The summed E-state index contributed by atoms with van der Waals surface area (Å²) in [5.74, 6) is 1.70. The van der Waals surface area contributed by atoms with E-state index in [9.17, 15) is 4.79 Å². The van der Waals surface area contributed by atoms with Gasteiger partial charge in [0.2, 0.25) is 0 Å². The zero-order valence-corrected chi connectivity index (χ0v) is 14.0. The molecule has 122 valence electrons. The largest absolute Gasteiger partial charge is 0.379 e. The van der Waals surface area contributed by atoms with Gasteiger partial charge in [-0.15, -0.1) is 0 Å². The molecule has 0 aromatic carbocycles. The van der Waals surface area contributed by atoms with E-state index in [4.69, 9.17) is 9.72 Å². The van der Waals surface area contributed by atoms with Crippen molar-refractivity contribution in [2.24, 2.45) is 0 Å². The van der Waals surface area contributed by atoms with Crippen molar-refractivity contribution in [2.75, 3.05) is 37.5 Å². The van der Waals surface area contributed by atoms with Gasteiger partial charge in [0.05, 0.1) is 18.8 Å². The average Bonchev–Trinajstić information content (AvgIpc) is 3.00. The molecule has 2 aliphatic heterocycles. The van der Waals surface area contributed by atoms with E-state index < -0.39 is 0 Å². The summed E-state index contributed by atoms with van der Waals surface area (Å²) < 4.78 is 7.20. The number of hydrogen-bond acceptors (Lipinski definition) is 6. The molecule has 0 bridgehead atoms. The fraction of sp³-hybridized carbons (Fsp3) is 0.733. The second-order valence-corrected chi connectivity index (χ2v) is 6.76. The van der Waals surface area contributed by atoms with Crippen LogP contribution >= 0.6 is 11.8 Å². The quantitative estimate of drug-likeness (QED) is 0.635. The summed E-state index contributed by atoms with van der Waals surface area (Å²) in [6, 6.07) is 0. The molecule has 6 nitrogen and oxygen atoms in total. The van der Waals surface area contributed by atoms with Crippen LogP contribution < -0.4 is 11.0 Å². The van der Waals surface area contributed by atoms with Crippen LogP contribution in [0.1, 0.15) is 31.7 Å². The number of unbranched alkanes of at least 4 members (excludes halogenated alkanes) is 2. The highest BCUT2D eigenvalue weighted by Gasteiger charge is 2.22. The molecule has 3 heterocycles. The Morgan fingerprint density at radius 1 is 1.27 bits per heavy atom. The van der Waals surface area contributed by atoms with Crippen LogP contribution in [-0.4, -0.2) is 46.6 Å². The molecule has 2 aliphatic rings. The summed E-state index contributed by atoms with van der Waals surface area (Å²) in [6.45, 7) is 6.04. The standard InChI is InChI=1S/C15H24N4O2S/c1-2-3-4-5-12-13(17-18-6-9-21-10-7-18)16-15-19(14(12)20)8-11-22-15/h17H,2-11H2,1H3. The number of morpholine rings is 1. The summed E-state index contributed by atoms with van der Waals surface area (Å²) in [4.78, 5) is 17.5. The summed E-state index contributed by atoms with van der Waals surface area (Å²) in [6.07, 6.45) is 4.14. The number of hydrazine groups is 1. The monoisotopic (exact) mass is 324 g/mol. The molecule has 1 saturated heterocycles. The van der Waals surface area contributed by atoms with E-state index in [1.54, 1.807) is 11.8 Å². The van der Waals surface area contributed by atoms with Gasteiger partial charge in [-0.25, -0.2) is 9.99 Å². The van der Waals surface area contributed by atoms with Gasteiger partial charge >= 0.3 is 0 Å². The summed E-state index contributed by atoms with van der Waals surface area (Å²) in [5, 5.41) is 2.95. The van der Waals surface area contributed by atoms with Gasteiger partial charge in [0.25, 0.3) is 5.56 Å². The highest BCUT2D eigenvalue weighted by molar-refractivity contribution is 7.99. The SMILES string of the molecule is CCCCCc1c(NN2CCOCC2)nc2n(c1=O)CCS2. The van der Waals surface area contributed by atoms with Gasteiger partial charge in [0.15, 0.2) is 11.0 Å². The second kappa shape index (κ2) is 7.48. The maximum Gasteiger partial charge on any atom is 0.259 e. The Balaban J connectivity index is 1.85. The fourth-order valence-electron chi connectivity index (χ4n) is 2.80. The number of thioether (sulfide) groups is 1. The van der Waals surface area contributed by atoms with Crippen LogP contribution in [0.4, 0.5) is 5.82 Å². The molecule has 22 heavy (non-hydrogen) atoms. The zero-order valence-electron chi connectivity index (χ0n) is 13.1. The predicted molar refractivity (Wildman–Crippen MR) is 88.5 cm³/mol. The predicted octanol–water partition coefficient (Wildman–Crippen LogP) is 1.74. The van der Waals surface area contributed by atoms with Crippen LogP contribution in [-0.2, 0) is 17.7 Å². The minimum atomic E-state index is 0.141. The lowest BCUT2D eigenvalue weighted by Gasteiger charge is -2.28. The number of fused-ring (bicyclic) bond motifs is 1. The van der Waals surface area contributed by atoms with Crippen LogP contribution in [0.25, 0.3) is 0 Å². The number of aromatic nitrogens is 2. The van der Waals surface area contributed by atoms with E-state index >= 15 is 0 Å². The Morgan fingerprint density at radius 2 is 2.09 bits per heavy atom. The van der Waals surface area contributed by atoms with Crippen molar-refractivity contribution in [3.05, 3.63) is 15.9 Å². The molecule has 1 fully saturated rings. The normalized spacial score (nSPS) is 18.4. The summed E-state index contributed by atoms with van der Waals surface area (Å²) in [5.41, 5.74) is 4.34. The molecule has 0 aliphatic carbocycles. The summed E-state index contributed by atoms with van der Waals surface area (Å²) in [7, 11) is 0. The lowest BCUT2D eigenvalue weighted by Crippen LogP contribution is -2.41. The van der Waals surface area contributed by atoms with Crippen molar-refractivity contribution in [3.63, 3.8) is 0 Å². The lowest BCUT2D eigenvalue weighted by atomic mass is 10.1. The molecule has 0 spiro atoms. The van der Waals surface area contributed by atoms with Crippen LogP contribution in [0.5, 0.6) is 0 Å². The molecule has 0 amide bonds. The van der Waals surface area contributed by atoms with Crippen molar-refractivity contribution in [1.82, 2.24) is 14.6 Å². The molecule has 0 saturated carbocycles. The molecular formula is C15H24N4O2S. The topological polar surface area (TPSA) is 59.4 Å². The first-order valence-corrected chi connectivity index (χ1v) is 9.14. The van der Waals surface area contributed by atoms with Crippen molar-refractivity contribution in [2.45, 2.75) is 44.3 Å². The Labute approximate surface area is 135 Å². The minimum Gasteiger partial charge on any atom is -0.379 e. The van der Waals surface area contributed by atoms with Gasteiger partial charge in [-0.1, -0.05) is 31.5 Å². The molecule has 1 aromatic heterocycles. The third-order valence-corrected chi connectivity index (χ3v) is 5.04. The van der Waals surface area contributed by atoms with E-state index in [0.717, 1.165) is 80.8 Å². The first-order chi connectivity index (χ1) is 10.8. The maximum absolute atomic E-state index is 12.7. The molecule has 0 unspecified atom stereocenters. The minimum absolute atomic E-state index is 0.141. The highest BCUT2D eigenvalue weighted by atomic mass is 32.2. The number of nitrogens with one attached hydrogen (secondary N) is 1. The maximum atomic E-state index is 12.7. The summed E-state index contributed by atoms with van der Waals surface area (Å²) >= 11 is 1.66. The third-order valence-electron chi connectivity index (χ3n) is 4.08. The molecule has 1 N–H and O–H groups in total. The smallest absolute Gasteiger partial charge is 0.259 e. The van der Waals surface area contributed by atoms with Gasteiger partial charge in [-0.3, -0.25) is 9.36 Å². The van der Waals surface area contributed by atoms with Crippen LogP contribution in [0, 0.1) is 0 Å². The average molecular weight is 324 g/mol. The van der Waals surface area contributed by atoms with Crippen molar-refractivity contribution < 1.29 is 4.74 Å².